The molecule has 0 saturated heterocycles. The average molecular weight is 266 g/mol. The van der Waals surface area contributed by atoms with Crippen LogP contribution in [0.4, 0.5) is 10.5 Å². The number of carboxylic acids is 1. The van der Waals surface area contributed by atoms with Crippen LogP contribution in [0.3, 0.4) is 0 Å². The molecular formula is C13H18N2O4. The standard InChI is InChI=1S/C13H18N2O4/c1-9(12(16)17)14-13(18)15-11-6-4-3-5-10(11)7-8-19-2/h3-6,9H,7-8H2,1-2H3,(H,16,17)(H2,14,15,18)/t9-/m0/s1. The number of ether oxygens (including phenoxy) is 1. The van der Waals surface area contributed by atoms with Crippen LogP contribution >= 0.6 is 0 Å². The molecule has 0 aromatic heterocycles. The molecule has 2 amide bonds. The molecule has 0 spiro atoms. The van der Waals surface area contributed by atoms with Crippen LogP contribution in [-0.4, -0.2) is 36.9 Å². The first-order chi connectivity index (χ1) is 9.04. The van der Waals surface area contributed by atoms with Gasteiger partial charge in [0.2, 0.25) is 0 Å². The zero-order valence-electron chi connectivity index (χ0n) is 11.0. The van der Waals surface area contributed by atoms with Crippen LogP contribution in [0.15, 0.2) is 24.3 Å². The SMILES string of the molecule is COCCc1ccccc1NC(=O)N[C@@H](C)C(=O)O. The minimum atomic E-state index is -1.08. The fourth-order valence-electron chi connectivity index (χ4n) is 1.49. The predicted molar refractivity (Wildman–Crippen MR) is 71.3 cm³/mol. The number of aliphatic carboxylic acids is 1. The number of urea groups is 1. The van der Waals surface area contributed by atoms with Gasteiger partial charge in [-0.25, -0.2) is 4.79 Å². The number of carbonyl (C=O) groups is 2. The van der Waals surface area contributed by atoms with Crippen LogP contribution in [0.5, 0.6) is 0 Å². The van der Waals surface area contributed by atoms with Crippen LogP contribution in [0.2, 0.25) is 0 Å². The quantitative estimate of drug-likeness (QED) is 0.727. The number of hydrogen-bond acceptors (Lipinski definition) is 3. The Labute approximate surface area is 111 Å². The highest BCUT2D eigenvalue weighted by Crippen LogP contribution is 2.15. The van der Waals surface area contributed by atoms with Gasteiger partial charge < -0.3 is 20.5 Å². The Morgan fingerprint density at radius 3 is 2.68 bits per heavy atom. The molecule has 1 aromatic carbocycles. The number of benzene rings is 1. The van der Waals surface area contributed by atoms with Gasteiger partial charge in [0.15, 0.2) is 0 Å². The van der Waals surface area contributed by atoms with E-state index >= 15 is 0 Å². The van der Waals surface area contributed by atoms with Crippen LogP contribution in [-0.2, 0) is 16.0 Å². The first-order valence-corrected chi connectivity index (χ1v) is 5.91. The van der Waals surface area contributed by atoms with Gasteiger partial charge in [0.1, 0.15) is 6.04 Å². The van der Waals surface area contributed by atoms with Crippen LogP contribution in [0.25, 0.3) is 0 Å². The van der Waals surface area contributed by atoms with Crippen molar-refractivity contribution in [3.05, 3.63) is 29.8 Å². The Balaban J connectivity index is 2.65. The normalized spacial score (nSPS) is 11.7. The summed E-state index contributed by atoms with van der Waals surface area (Å²) in [6, 6.07) is 5.83. The third-order valence-corrected chi connectivity index (χ3v) is 2.56. The molecule has 0 aliphatic heterocycles. The summed E-state index contributed by atoms with van der Waals surface area (Å²) < 4.78 is 5.00. The zero-order chi connectivity index (χ0) is 14.3. The summed E-state index contributed by atoms with van der Waals surface area (Å²) in [5.74, 6) is -1.08. The van der Waals surface area contributed by atoms with Crippen molar-refractivity contribution < 1.29 is 19.4 Å². The highest BCUT2D eigenvalue weighted by molar-refractivity contribution is 5.92. The minimum absolute atomic E-state index is 0.542. The van der Waals surface area contributed by atoms with Gasteiger partial charge in [-0.05, 0) is 25.0 Å². The molecule has 3 N–H and O–H groups in total. The van der Waals surface area contributed by atoms with Crippen LogP contribution in [0.1, 0.15) is 12.5 Å². The first-order valence-electron chi connectivity index (χ1n) is 5.91. The Morgan fingerprint density at radius 2 is 2.05 bits per heavy atom. The first kappa shape index (κ1) is 15.0. The van der Waals surface area contributed by atoms with Gasteiger partial charge in [-0.3, -0.25) is 4.79 Å². The Hall–Kier alpha value is -2.08. The summed E-state index contributed by atoms with van der Waals surface area (Å²) in [6.45, 7) is 1.95. The molecule has 0 heterocycles. The van der Waals surface area contributed by atoms with Gasteiger partial charge in [0.25, 0.3) is 0 Å². The molecule has 104 valence electrons. The van der Waals surface area contributed by atoms with Gasteiger partial charge in [-0.1, -0.05) is 18.2 Å². The fourth-order valence-corrected chi connectivity index (χ4v) is 1.49. The van der Waals surface area contributed by atoms with E-state index in [1.54, 1.807) is 19.2 Å². The van der Waals surface area contributed by atoms with Gasteiger partial charge in [0, 0.05) is 12.8 Å². The van der Waals surface area contributed by atoms with E-state index < -0.39 is 18.0 Å². The fraction of sp³-hybridized carbons (Fsp3) is 0.385. The van der Waals surface area contributed by atoms with Crippen molar-refractivity contribution in [1.29, 1.82) is 0 Å². The maximum Gasteiger partial charge on any atom is 0.325 e. The minimum Gasteiger partial charge on any atom is -0.480 e. The Morgan fingerprint density at radius 1 is 1.37 bits per heavy atom. The monoisotopic (exact) mass is 266 g/mol. The second-order valence-electron chi connectivity index (χ2n) is 4.06. The van der Waals surface area contributed by atoms with Gasteiger partial charge in [-0.15, -0.1) is 0 Å². The molecule has 0 bridgehead atoms. The number of hydrogen-bond donors (Lipinski definition) is 3. The van der Waals surface area contributed by atoms with Crippen molar-refractivity contribution in [2.45, 2.75) is 19.4 Å². The lowest BCUT2D eigenvalue weighted by Gasteiger charge is -2.13. The van der Waals surface area contributed by atoms with Crippen molar-refractivity contribution in [3.63, 3.8) is 0 Å². The largest absolute Gasteiger partial charge is 0.480 e. The van der Waals surface area contributed by atoms with Crippen LogP contribution in [0, 0.1) is 0 Å². The highest BCUT2D eigenvalue weighted by Gasteiger charge is 2.14. The summed E-state index contributed by atoms with van der Waals surface area (Å²) in [5.41, 5.74) is 1.58. The third-order valence-electron chi connectivity index (χ3n) is 2.56. The van der Waals surface area contributed by atoms with E-state index in [1.165, 1.54) is 6.92 Å². The van der Waals surface area contributed by atoms with Crippen LogP contribution < -0.4 is 10.6 Å². The molecule has 1 rings (SSSR count). The second kappa shape index (κ2) is 7.38. The Kier molecular flexibility index (Phi) is 5.81. The van der Waals surface area contributed by atoms with Crippen molar-refractivity contribution in [2.75, 3.05) is 19.0 Å². The third kappa shape index (κ3) is 4.97. The molecule has 0 radical (unpaired) electrons. The maximum absolute atomic E-state index is 11.6. The van der Waals surface area contributed by atoms with E-state index in [0.717, 1.165) is 5.56 Å². The molecule has 0 fully saturated rings. The Bertz CT molecular complexity index is 448. The van der Waals surface area contributed by atoms with Gasteiger partial charge >= 0.3 is 12.0 Å². The number of para-hydroxylation sites is 1. The predicted octanol–water partition coefficient (Wildman–Crippen LogP) is 1.47. The molecule has 1 atom stereocenters. The second-order valence-corrected chi connectivity index (χ2v) is 4.06. The molecular weight excluding hydrogens is 248 g/mol. The lowest BCUT2D eigenvalue weighted by molar-refractivity contribution is -0.138. The van der Waals surface area contributed by atoms with Gasteiger partial charge in [0.05, 0.1) is 6.61 Å². The van der Waals surface area contributed by atoms with E-state index in [9.17, 15) is 9.59 Å². The number of anilines is 1. The molecule has 6 nitrogen and oxygen atoms in total. The molecule has 6 heteroatoms. The van der Waals surface area contributed by atoms with E-state index in [0.29, 0.717) is 18.7 Å². The summed E-state index contributed by atoms with van der Waals surface area (Å²) >= 11 is 0. The summed E-state index contributed by atoms with van der Waals surface area (Å²) in [7, 11) is 1.61. The molecule has 0 aliphatic carbocycles. The molecule has 19 heavy (non-hydrogen) atoms. The van der Waals surface area contributed by atoms with E-state index in [-0.39, 0.29) is 0 Å². The van der Waals surface area contributed by atoms with E-state index in [1.807, 2.05) is 12.1 Å². The number of carbonyl (C=O) groups excluding carboxylic acids is 1. The zero-order valence-corrected chi connectivity index (χ0v) is 11.0. The summed E-state index contributed by atoms with van der Waals surface area (Å²) in [4.78, 5) is 22.3. The van der Waals surface area contributed by atoms with Gasteiger partial charge in [-0.2, -0.15) is 0 Å². The lowest BCUT2D eigenvalue weighted by atomic mass is 10.1. The number of nitrogens with one attached hydrogen (secondary N) is 2. The average Bonchev–Trinajstić information content (AvgIpc) is 2.37. The lowest BCUT2D eigenvalue weighted by Crippen LogP contribution is -2.41. The van der Waals surface area contributed by atoms with Crippen molar-refractivity contribution in [2.24, 2.45) is 0 Å². The molecule has 0 unspecified atom stereocenters. The molecule has 0 aliphatic rings. The van der Waals surface area contributed by atoms with E-state index in [4.69, 9.17) is 9.84 Å². The molecule has 0 saturated carbocycles. The number of carboxylic acid groups (broad SMARTS) is 1. The smallest absolute Gasteiger partial charge is 0.325 e. The maximum atomic E-state index is 11.6. The van der Waals surface area contributed by atoms with Crippen molar-refractivity contribution >= 4 is 17.7 Å². The van der Waals surface area contributed by atoms with E-state index in [2.05, 4.69) is 10.6 Å². The number of methoxy groups -OCH3 is 1. The highest BCUT2D eigenvalue weighted by atomic mass is 16.5. The topological polar surface area (TPSA) is 87.7 Å². The van der Waals surface area contributed by atoms with Crippen molar-refractivity contribution in [3.8, 4) is 0 Å². The van der Waals surface area contributed by atoms with Crippen molar-refractivity contribution in [1.82, 2.24) is 5.32 Å². The molecule has 1 aromatic rings. The number of amides is 2. The number of rotatable bonds is 6. The summed E-state index contributed by atoms with van der Waals surface area (Å²) in [6.07, 6.45) is 0.668. The summed E-state index contributed by atoms with van der Waals surface area (Å²) in [5, 5.41) is 13.7.